The van der Waals surface area contributed by atoms with Crippen molar-refractivity contribution in [3.8, 4) is 0 Å². The molecule has 0 saturated heterocycles. The average molecular weight is 218 g/mol. The Labute approximate surface area is 89.6 Å². The Morgan fingerprint density at radius 3 is 2.40 bits per heavy atom. The molecular formula is C11H19FO3. The molecule has 4 heteroatoms. The van der Waals surface area contributed by atoms with Crippen molar-refractivity contribution in [3.63, 3.8) is 0 Å². The molecule has 0 aliphatic heterocycles. The zero-order valence-corrected chi connectivity index (χ0v) is 9.17. The number of aliphatic hydroxyl groups excluding tert-OH is 1. The van der Waals surface area contributed by atoms with Crippen LogP contribution in [-0.2, 0) is 9.53 Å². The van der Waals surface area contributed by atoms with Crippen LogP contribution in [-0.4, -0.2) is 29.5 Å². The number of alkyl halides is 1. The van der Waals surface area contributed by atoms with Gasteiger partial charge in [-0.3, -0.25) is 0 Å². The summed E-state index contributed by atoms with van der Waals surface area (Å²) >= 11 is 0. The lowest BCUT2D eigenvalue weighted by Gasteiger charge is -2.27. The first kappa shape index (κ1) is 12.4. The lowest BCUT2D eigenvalue weighted by Crippen LogP contribution is -2.44. The van der Waals surface area contributed by atoms with E-state index in [0.29, 0.717) is 0 Å². The van der Waals surface area contributed by atoms with Gasteiger partial charge in [-0.2, -0.15) is 0 Å². The van der Waals surface area contributed by atoms with E-state index in [-0.39, 0.29) is 19.4 Å². The second kappa shape index (κ2) is 5.45. The van der Waals surface area contributed by atoms with E-state index in [1.807, 2.05) is 0 Å². The predicted molar refractivity (Wildman–Crippen MR) is 54.2 cm³/mol. The van der Waals surface area contributed by atoms with E-state index in [2.05, 4.69) is 4.74 Å². The summed E-state index contributed by atoms with van der Waals surface area (Å²) in [5, 5.41) is 9.61. The van der Waals surface area contributed by atoms with E-state index in [9.17, 15) is 14.3 Å². The van der Waals surface area contributed by atoms with Gasteiger partial charge in [0.05, 0.1) is 6.61 Å². The highest BCUT2D eigenvalue weighted by molar-refractivity contribution is 5.75. The number of ether oxygens (including phenoxy) is 1. The highest BCUT2D eigenvalue weighted by Crippen LogP contribution is 2.34. The van der Waals surface area contributed by atoms with Crippen LogP contribution >= 0.6 is 0 Å². The predicted octanol–water partition coefficient (Wildman–Crippen LogP) is 1.97. The van der Waals surface area contributed by atoms with Gasteiger partial charge in [-0.25, -0.2) is 9.18 Å². The summed E-state index contributed by atoms with van der Waals surface area (Å²) in [4.78, 5) is 11.2. The summed E-state index contributed by atoms with van der Waals surface area (Å²) in [5.74, 6) is -0.832. The number of hydrogen-bond donors (Lipinski definition) is 1. The Bertz CT molecular complexity index is 210. The molecule has 1 rings (SSSR count). The van der Waals surface area contributed by atoms with Crippen molar-refractivity contribution in [1.82, 2.24) is 0 Å². The second-order valence-electron chi connectivity index (χ2n) is 4.10. The molecule has 0 aromatic carbocycles. The Morgan fingerprint density at radius 1 is 1.40 bits per heavy atom. The lowest BCUT2D eigenvalue weighted by molar-refractivity contribution is -0.163. The summed E-state index contributed by atoms with van der Waals surface area (Å²) in [6.07, 6.45) is 2.30. The number of carbonyl (C=O) groups excluding carboxylic acids is 1. The fourth-order valence-electron chi connectivity index (χ4n) is 2.02. The normalized spacial score (nSPS) is 22.9. The fraction of sp³-hybridized carbons (Fsp3) is 0.909. The summed E-state index contributed by atoms with van der Waals surface area (Å²) in [6, 6.07) is 0. The van der Waals surface area contributed by atoms with E-state index in [1.165, 1.54) is 0 Å². The third-order valence-electron chi connectivity index (χ3n) is 2.93. The quantitative estimate of drug-likeness (QED) is 0.582. The molecule has 15 heavy (non-hydrogen) atoms. The monoisotopic (exact) mass is 218 g/mol. The molecule has 1 atom stereocenters. The van der Waals surface area contributed by atoms with Gasteiger partial charge >= 0.3 is 5.97 Å². The third-order valence-corrected chi connectivity index (χ3v) is 2.93. The maximum Gasteiger partial charge on any atom is 0.338 e. The maximum absolute atomic E-state index is 14.2. The minimum Gasteiger partial charge on any atom is -0.464 e. The molecule has 88 valence electrons. The van der Waals surface area contributed by atoms with Crippen molar-refractivity contribution in [1.29, 1.82) is 0 Å². The molecule has 3 nitrogen and oxygen atoms in total. The number of halogens is 1. The zero-order chi connectivity index (χ0) is 11.3. The fourth-order valence-corrected chi connectivity index (χ4v) is 2.02. The van der Waals surface area contributed by atoms with Gasteiger partial charge in [0, 0.05) is 0 Å². The first-order valence-electron chi connectivity index (χ1n) is 5.64. The Hall–Kier alpha value is -0.640. The van der Waals surface area contributed by atoms with E-state index in [0.717, 1.165) is 25.7 Å². The summed E-state index contributed by atoms with van der Waals surface area (Å²) in [6.45, 7) is 1.81. The van der Waals surface area contributed by atoms with Crippen LogP contribution in [0.5, 0.6) is 0 Å². The molecule has 0 heterocycles. The van der Waals surface area contributed by atoms with Crippen LogP contribution in [0.2, 0.25) is 0 Å². The van der Waals surface area contributed by atoms with E-state index >= 15 is 0 Å². The largest absolute Gasteiger partial charge is 0.464 e. The highest BCUT2D eigenvalue weighted by Gasteiger charge is 2.43. The smallest absolute Gasteiger partial charge is 0.338 e. The Kier molecular flexibility index (Phi) is 4.51. The van der Waals surface area contributed by atoms with Crippen molar-refractivity contribution < 1.29 is 19.0 Å². The van der Waals surface area contributed by atoms with Crippen molar-refractivity contribution in [2.24, 2.45) is 0 Å². The van der Waals surface area contributed by atoms with Crippen molar-refractivity contribution in [2.45, 2.75) is 57.2 Å². The Morgan fingerprint density at radius 2 is 1.93 bits per heavy atom. The molecule has 0 amide bonds. The minimum absolute atomic E-state index is 0.173. The average Bonchev–Trinajstić information content (AvgIpc) is 2.43. The molecule has 1 saturated carbocycles. The number of esters is 1. The highest BCUT2D eigenvalue weighted by atomic mass is 19.1. The van der Waals surface area contributed by atoms with Crippen LogP contribution in [0.25, 0.3) is 0 Å². The van der Waals surface area contributed by atoms with Gasteiger partial charge in [-0.15, -0.1) is 0 Å². The molecule has 0 spiro atoms. The van der Waals surface area contributed by atoms with Crippen molar-refractivity contribution in [2.75, 3.05) is 6.61 Å². The molecule has 0 aromatic heterocycles. The Balaban J connectivity index is 2.61. The molecule has 1 aliphatic rings. The minimum atomic E-state index is -1.78. The van der Waals surface area contributed by atoms with E-state index in [1.54, 1.807) is 6.92 Å². The van der Waals surface area contributed by atoms with Crippen LogP contribution in [0.4, 0.5) is 4.39 Å². The third kappa shape index (κ3) is 3.16. The van der Waals surface area contributed by atoms with Gasteiger partial charge < -0.3 is 9.84 Å². The molecule has 0 bridgehead atoms. The number of aliphatic hydroxyl groups is 1. The summed E-state index contributed by atoms with van der Waals surface area (Å²) in [7, 11) is 0. The van der Waals surface area contributed by atoms with Crippen LogP contribution in [0, 0.1) is 0 Å². The van der Waals surface area contributed by atoms with E-state index in [4.69, 9.17) is 0 Å². The van der Waals surface area contributed by atoms with Crippen LogP contribution in [0.15, 0.2) is 0 Å². The van der Waals surface area contributed by atoms with Crippen molar-refractivity contribution in [3.05, 3.63) is 0 Å². The van der Waals surface area contributed by atoms with E-state index < -0.39 is 17.7 Å². The zero-order valence-electron chi connectivity index (χ0n) is 9.17. The lowest BCUT2D eigenvalue weighted by atomic mass is 9.90. The van der Waals surface area contributed by atoms with Gasteiger partial charge in [0.25, 0.3) is 0 Å². The molecule has 1 fully saturated rings. The van der Waals surface area contributed by atoms with Crippen LogP contribution in [0.1, 0.15) is 45.4 Å². The van der Waals surface area contributed by atoms with Gasteiger partial charge in [0.1, 0.15) is 5.67 Å². The van der Waals surface area contributed by atoms with Crippen LogP contribution in [0.3, 0.4) is 0 Å². The van der Waals surface area contributed by atoms with Crippen molar-refractivity contribution >= 4 is 5.97 Å². The SMILES string of the molecule is CCOC(=O)C(O)C1(F)CCCCCC1. The first-order valence-corrected chi connectivity index (χ1v) is 5.64. The number of hydrogen-bond acceptors (Lipinski definition) is 3. The molecule has 1 unspecified atom stereocenters. The molecular weight excluding hydrogens is 199 g/mol. The molecule has 1 aliphatic carbocycles. The first-order chi connectivity index (χ1) is 7.10. The number of carbonyl (C=O) groups is 1. The van der Waals surface area contributed by atoms with Crippen LogP contribution < -0.4 is 0 Å². The topological polar surface area (TPSA) is 46.5 Å². The van der Waals surface area contributed by atoms with Gasteiger partial charge in [-0.05, 0) is 19.8 Å². The van der Waals surface area contributed by atoms with Gasteiger partial charge in [0.2, 0.25) is 0 Å². The summed E-state index contributed by atoms with van der Waals surface area (Å²) in [5.41, 5.74) is -1.78. The molecule has 0 radical (unpaired) electrons. The number of rotatable bonds is 3. The van der Waals surface area contributed by atoms with Gasteiger partial charge in [0.15, 0.2) is 6.10 Å². The van der Waals surface area contributed by atoms with Gasteiger partial charge in [-0.1, -0.05) is 25.7 Å². The standard InChI is InChI=1S/C11H19FO3/c1-2-15-10(14)9(13)11(12)7-5-3-4-6-8-11/h9,13H,2-8H2,1H3. The second-order valence-corrected chi connectivity index (χ2v) is 4.10. The molecule has 1 N–H and O–H groups in total. The maximum atomic E-state index is 14.2. The molecule has 0 aromatic rings. The summed E-state index contributed by atoms with van der Waals surface area (Å²) < 4.78 is 18.9.